The summed E-state index contributed by atoms with van der Waals surface area (Å²) < 4.78 is 43.4. The number of hydrogen-bond donors (Lipinski definition) is 1. The molecule has 2 amide bonds. The first-order valence-corrected chi connectivity index (χ1v) is 9.35. The van der Waals surface area contributed by atoms with Crippen LogP contribution in [0.3, 0.4) is 0 Å². The van der Waals surface area contributed by atoms with Crippen molar-refractivity contribution >= 4 is 17.7 Å². The van der Waals surface area contributed by atoms with E-state index in [4.69, 9.17) is 4.52 Å². The second-order valence-electron chi connectivity index (χ2n) is 7.99. The second-order valence-corrected chi connectivity index (χ2v) is 7.99. The van der Waals surface area contributed by atoms with E-state index in [0.717, 1.165) is 12.3 Å². The van der Waals surface area contributed by atoms with Crippen molar-refractivity contribution in [3.05, 3.63) is 35.7 Å². The molecule has 1 fully saturated rings. The zero-order valence-electron chi connectivity index (χ0n) is 16.6. The molecular weight excluding hydrogens is 387 g/mol. The Morgan fingerprint density at radius 2 is 1.90 bits per heavy atom. The van der Waals surface area contributed by atoms with E-state index in [1.807, 2.05) is 25.7 Å². The van der Waals surface area contributed by atoms with Crippen LogP contribution in [0, 0.1) is 0 Å². The van der Waals surface area contributed by atoms with Crippen molar-refractivity contribution in [3.63, 3.8) is 0 Å². The Morgan fingerprint density at radius 1 is 1.14 bits per heavy atom. The fourth-order valence-electron chi connectivity index (χ4n) is 2.97. The molecule has 1 N–H and O–H groups in total. The molecule has 2 aromatic rings. The molecule has 0 unspecified atom stereocenters. The van der Waals surface area contributed by atoms with Crippen LogP contribution < -0.4 is 10.2 Å². The Hall–Kier alpha value is -2.78. The summed E-state index contributed by atoms with van der Waals surface area (Å²) in [5.41, 5.74) is -0.993. The number of nitrogens with zero attached hydrogens (tertiary/aromatic N) is 4. The Bertz CT molecular complexity index is 843. The molecule has 1 aliphatic rings. The van der Waals surface area contributed by atoms with Gasteiger partial charge in [0.25, 0.3) is 0 Å². The van der Waals surface area contributed by atoms with Crippen LogP contribution in [0.4, 0.5) is 29.6 Å². The molecule has 29 heavy (non-hydrogen) atoms. The third kappa shape index (κ3) is 5.18. The first-order chi connectivity index (χ1) is 13.5. The molecule has 1 saturated heterocycles. The van der Waals surface area contributed by atoms with Crippen molar-refractivity contribution in [1.82, 2.24) is 15.0 Å². The van der Waals surface area contributed by atoms with Gasteiger partial charge in [-0.15, -0.1) is 0 Å². The van der Waals surface area contributed by atoms with Crippen LogP contribution in [0.5, 0.6) is 0 Å². The fourth-order valence-corrected chi connectivity index (χ4v) is 2.97. The van der Waals surface area contributed by atoms with Crippen molar-refractivity contribution in [2.45, 2.75) is 38.8 Å². The normalized spacial score (nSPS) is 15.9. The molecule has 3 heterocycles. The number of hydrogen-bond acceptors (Lipinski definition) is 5. The van der Waals surface area contributed by atoms with E-state index in [9.17, 15) is 18.0 Å². The smallest absolute Gasteiger partial charge is 0.359 e. The van der Waals surface area contributed by atoms with Crippen molar-refractivity contribution in [3.8, 4) is 0 Å². The first kappa shape index (κ1) is 20.9. The highest BCUT2D eigenvalue weighted by molar-refractivity contribution is 5.88. The number of nitrogens with one attached hydrogen (secondary N) is 1. The summed E-state index contributed by atoms with van der Waals surface area (Å²) in [7, 11) is 0. The number of carbonyl (C=O) groups excluding carboxylic acids is 1. The Labute approximate surface area is 166 Å². The van der Waals surface area contributed by atoms with Crippen molar-refractivity contribution in [1.29, 1.82) is 0 Å². The number of halogens is 3. The van der Waals surface area contributed by atoms with Gasteiger partial charge in [-0.25, -0.2) is 9.78 Å². The van der Waals surface area contributed by atoms with Crippen molar-refractivity contribution in [2.24, 2.45) is 0 Å². The van der Waals surface area contributed by atoms with Gasteiger partial charge >= 0.3 is 12.2 Å². The minimum absolute atomic E-state index is 0.215. The molecule has 2 aromatic heterocycles. The lowest BCUT2D eigenvalue weighted by Gasteiger charge is -2.23. The molecule has 158 valence electrons. The van der Waals surface area contributed by atoms with Crippen LogP contribution in [0.15, 0.2) is 28.9 Å². The number of alkyl halides is 3. The standard InChI is InChI=1S/C19H24F3N5O2/c1-18(2,3)14-11-15(25-29-14)24-17(28)27-8-4-7-26(9-10-27)16-6-5-13(12-23-16)19(20,21)22/h5-6,11-12H,4,7-10H2,1-3H3,(H,24,25,28). The molecule has 0 spiro atoms. The lowest BCUT2D eigenvalue weighted by Crippen LogP contribution is -2.38. The highest BCUT2D eigenvalue weighted by Gasteiger charge is 2.31. The number of rotatable bonds is 2. The molecule has 0 bridgehead atoms. The van der Waals surface area contributed by atoms with E-state index in [-0.39, 0.29) is 11.4 Å². The van der Waals surface area contributed by atoms with Crippen LogP contribution in [-0.4, -0.2) is 47.3 Å². The zero-order chi connectivity index (χ0) is 21.2. The zero-order valence-corrected chi connectivity index (χ0v) is 16.6. The van der Waals surface area contributed by atoms with E-state index < -0.39 is 11.7 Å². The van der Waals surface area contributed by atoms with Crippen LogP contribution >= 0.6 is 0 Å². The van der Waals surface area contributed by atoms with E-state index in [1.165, 1.54) is 6.07 Å². The van der Waals surface area contributed by atoms with Gasteiger partial charge in [0.1, 0.15) is 11.6 Å². The fraction of sp³-hybridized carbons (Fsp3) is 0.526. The molecule has 0 atom stereocenters. The highest BCUT2D eigenvalue weighted by Crippen LogP contribution is 2.29. The lowest BCUT2D eigenvalue weighted by atomic mass is 9.93. The van der Waals surface area contributed by atoms with Gasteiger partial charge in [0, 0.05) is 43.9 Å². The molecular formula is C19H24F3N5O2. The minimum Gasteiger partial charge on any atom is -0.359 e. The molecule has 0 aromatic carbocycles. The summed E-state index contributed by atoms with van der Waals surface area (Å²) in [6, 6.07) is 3.80. The maximum atomic E-state index is 12.7. The minimum atomic E-state index is -4.41. The number of urea groups is 1. The van der Waals surface area contributed by atoms with Crippen LogP contribution in [-0.2, 0) is 11.6 Å². The van der Waals surface area contributed by atoms with Crippen LogP contribution in [0.1, 0.15) is 38.5 Å². The SMILES string of the molecule is CC(C)(C)c1cc(NC(=O)N2CCCN(c3ccc(C(F)(F)F)cn3)CC2)no1. The van der Waals surface area contributed by atoms with Gasteiger partial charge in [-0.3, -0.25) is 5.32 Å². The summed E-state index contributed by atoms with van der Waals surface area (Å²) in [6.07, 6.45) is -2.91. The predicted octanol–water partition coefficient (Wildman–Crippen LogP) is 4.13. The molecule has 0 saturated carbocycles. The van der Waals surface area contributed by atoms with E-state index in [1.54, 1.807) is 11.0 Å². The van der Waals surface area contributed by atoms with Crippen LogP contribution in [0.25, 0.3) is 0 Å². The number of amides is 2. The third-order valence-corrected chi connectivity index (χ3v) is 4.67. The summed E-state index contributed by atoms with van der Waals surface area (Å²) in [5, 5.41) is 6.62. The van der Waals surface area contributed by atoms with E-state index in [0.29, 0.717) is 50.0 Å². The summed E-state index contributed by atoms with van der Waals surface area (Å²) in [4.78, 5) is 20.0. The first-order valence-electron chi connectivity index (χ1n) is 9.35. The summed E-state index contributed by atoms with van der Waals surface area (Å²) >= 11 is 0. The molecule has 1 aliphatic heterocycles. The molecule has 0 aliphatic carbocycles. The quantitative estimate of drug-likeness (QED) is 0.804. The molecule has 3 rings (SSSR count). The Morgan fingerprint density at radius 3 is 2.48 bits per heavy atom. The summed E-state index contributed by atoms with van der Waals surface area (Å²) in [5.74, 6) is 1.49. The molecule has 0 radical (unpaired) electrons. The predicted molar refractivity (Wildman–Crippen MR) is 102 cm³/mol. The van der Waals surface area contributed by atoms with E-state index in [2.05, 4.69) is 15.5 Å². The Balaban J connectivity index is 1.59. The second kappa shape index (κ2) is 7.92. The van der Waals surface area contributed by atoms with Crippen molar-refractivity contribution in [2.75, 3.05) is 36.4 Å². The van der Waals surface area contributed by atoms with Crippen molar-refractivity contribution < 1.29 is 22.5 Å². The third-order valence-electron chi connectivity index (χ3n) is 4.67. The largest absolute Gasteiger partial charge is 0.417 e. The number of carbonyl (C=O) groups is 1. The van der Waals surface area contributed by atoms with Gasteiger partial charge in [-0.2, -0.15) is 13.2 Å². The number of anilines is 2. The van der Waals surface area contributed by atoms with Gasteiger partial charge in [-0.05, 0) is 18.6 Å². The van der Waals surface area contributed by atoms with Gasteiger partial charge < -0.3 is 14.3 Å². The number of pyridine rings is 1. The highest BCUT2D eigenvalue weighted by atomic mass is 19.4. The summed E-state index contributed by atoms with van der Waals surface area (Å²) in [6.45, 7) is 7.96. The monoisotopic (exact) mass is 411 g/mol. The van der Waals surface area contributed by atoms with Crippen LogP contribution in [0.2, 0.25) is 0 Å². The average Bonchev–Trinajstić information content (AvgIpc) is 2.97. The molecule has 7 nitrogen and oxygen atoms in total. The maximum absolute atomic E-state index is 12.7. The molecule has 10 heteroatoms. The van der Waals surface area contributed by atoms with Gasteiger partial charge in [-0.1, -0.05) is 25.9 Å². The van der Waals surface area contributed by atoms with Gasteiger partial charge in [0.2, 0.25) is 0 Å². The Kier molecular flexibility index (Phi) is 5.72. The average molecular weight is 411 g/mol. The van der Waals surface area contributed by atoms with Gasteiger partial charge in [0.05, 0.1) is 5.56 Å². The maximum Gasteiger partial charge on any atom is 0.417 e. The van der Waals surface area contributed by atoms with Gasteiger partial charge in [0.15, 0.2) is 5.82 Å². The lowest BCUT2D eigenvalue weighted by molar-refractivity contribution is -0.137. The number of aromatic nitrogens is 2. The topological polar surface area (TPSA) is 74.5 Å². The van der Waals surface area contributed by atoms with E-state index >= 15 is 0 Å².